The fraction of sp³-hybridized carbons (Fsp3) is 0.963. The average Bonchev–Trinajstić information content (AvgIpc) is 3.22. The summed E-state index contributed by atoms with van der Waals surface area (Å²) in [6, 6.07) is 0. The van der Waals surface area contributed by atoms with Crippen molar-refractivity contribution < 1.29 is 19.8 Å². The highest BCUT2D eigenvalue weighted by Crippen LogP contribution is 2.32. The highest BCUT2D eigenvalue weighted by molar-refractivity contribution is 6.06. The monoisotopic (exact) mass is 819 g/mol. The minimum absolute atomic E-state index is 0.190. The highest BCUT2D eigenvalue weighted by atomic mass is 16.4. The fourth-order valence-corrected chi connectivity index (χ4v) is 9.28. The standard InChI is InChI=1S/C54H106O4/c1-4-7-10-13-16-19-22-25-27-29-31-34-37-40-43-46-49-51(48-45-42-39-36-33-30-24-21-18-15-12-9-6-3)54(58,53(56)57)52(55)50-47-44-41-38-35-32-28-26-23-20-17-14-11-8-5-2/h51,58H,4-50H2,1-3H3,(H,56,57). The molecule has 0 amide bonds. The number of unbranched alkanes of at least 4 members (excludes halogenated alkanes) is 41. The third-order valence-corrected chi connectivity index (χ3v) is 13.4. The van der Waals surface area contributed by atoms with Gasteiger partial charge in [0.1, 0.15) is 0 Å². The first kappa shape index (κ1) is 57.1. The van der Waals surface area contributed by atoms with Crippen LogP contribution >= 0.6 is 0 Å². The number of carbonyl (C=O) groups is 2. The van der Waals surface area contributed by atoms with E-state index in [1.54, 1.807) is 0 Å². The van der Waals surface area contributed by atoms with Gasteiger partial charge < -0.3 is 10.2 Å². The van der Waals surface area contributed by atoms with E-state index >= 15 is 0 Å². The quantitative estimate of drug-likeness (QED) is 0.0474. The van der Waals surface area contributed by atoms with Gasteiger partial charge in [-0.3, -0.25) is 4.79 Å². The normalized spacial score (nSPS) is 13.2. The van der Waals surface area contributed by atoms with E-state index < -0.39 is 23.3 Å². The Morgan fingerprint density at radius 3 is 0.724 bits per heavy atom. The van der Waals surface area contributed by atoms with Crippen LogP contribution in [0.25, 0.3) is 0 Å². The number of aliphatic carboxylic acids is 1. The lowest BCUT2D eigenvalue weighted by atomic mass is 9.76. The Morgan fingerprint density at radius 2 is 0.517 bits per heavy atom. The minimum atomic E-state index is -2.23. The molecule has 0 aromatic rings. The van der Waals surface area contributed by atoms with Crippen LogP contribution in [0.3, 0.4) is 0 Å². The van der Waals surface area contributed by atoms with E-state index in [9.17, 15) is 19.8 Å². The van der Waals surface area contributed by atoms with Crippen LogP contribution in [0.4, 0.5) is 0 Å². The van der Waals surface area contributed by atoms with Gasteiger partial charge in [-0.1, -0.05) is 297 Å². The zero-order chi connectivity index (χ0) is 42.5. The van der Waals surface area contributed by atoms with Crippen molar-refractivity contribution in [1.82, 2.24) is 0 Å². The molecule has 0 saturated heterocycles. The Hall–Kier alpha value is -0.900. The number of ketones is 1. The summed E-state index contributed by atoms with van der Waals surface area (Å²) in [4.78, 5) is 26.3. The second-order valence-corrected chi connectivity index (χ2v) is 19.0. The van der Waals surface area contributed by atoms with Gasteiger partial charge in [0.15, 0.2) is 5.78 Å². The fourth-order valence-electron chi connectivity index (χ4n) is 9.28. The Bertz CT molecular complexity index is 841. The van der Waals surface area contributed by atoms with Crippen molar-refractivity contribution in [3.05, 3.63) is 0 Å². The van der Waals surface area contributed by atoms with Crippen LogP contribution in [0, 0.1) is 5.92 Å². The molecule has 0 aromatic carbocycles. The lowest BCUT2D eigenvalue weighted by molar-refractivity contribution is -0.172. The van der Waals surface area contributed by atoms with Gasteiger partial charge in [-0.05, 0) is 19.3 Å². The first-order chi connectivity index (χ1) is 28.4. The van der Waals surface area contributed by atoms with E-state index in [-0.39, 0.29) is 6.42 Å². The molecule has 58 heavy (non-hydrogen) atoms. The molecule has 0 aliphatic rings. The number of rotatable bonds is 50. The molecule has 0 spiro atoms. The molecule has 4 nitrogen and oxygen atoms in total. The zero-order valence-electron chi connectivity index (χ0n) is 40.0. The second-order valence-electron chi connectivity index (χ2n) is 19.0. The molecule has 0 radical (unpaired) electrons. The van der Waals surface area contributed by atoms with Crippen LogP contribution < -0.4 is 0 Å². The molecule has 0 bridgehead atoms. The van der Waals surface area contributed by atoms with Crippen molar-refractivity contribution in [2.24, 2.45) is 5.92 Å². The van der Waals surface area contributed by atoms with Crippen LogP contribution in [-0.4, -0.2) is 27.6 Å². The van der Waals surface area contributed by atoms with Gasteiger partial charge in [-0.15, -0.1) is 0 Å². The van der Waals surface area contributed by atoms with E-state index in [1.807, 2.05) is 0 Å². The van der Waals surface area contributed by atoms with E-state index in [1.165, 1.54) is 238 Å². The number of aliphatic hydroxyl groups is 1. The largest absolute Gasteiger partial charge is 0.479 e. The maximum absolute atomic E-state index is 13.6. The van der Waals surface area contributed by atoms with Crippen molar-refractivity contribution in [2.45, 2.75) is 328 Å². The van der Waals surface area contributed by atoms with E-state index in [4.69, 9.17) is 0 Å². The maximum atomic E-state index is 13.6. The SMILES string of the molecule is CCCCCCCCCCCCCCCCCCC(CCCCCCCCCCCCCCC)C(O)(C(=O)O)C(=O)CCCCCCCCCCCCCCCCC. The number of hydrogen-bond donors (Lipinski definition) is 2. The second kappa shape index (κ2) is 45.6. The maximum Gasteiger partial charge on any atom is 0.343 e. The minimum Gasteiger partial charge on any atom is -0.479 e. The van der Waals surface area contributed by atoms with Crippen LogP contribution in [0.1, 0.15) is 323 Å². The van der Waals surface area contributed by atoms with Crippen molar-refractivity contribution in [3.63, 3.8) is 0 Å². The van der Waals surface area contributed by atoms with Gasteiger partial charge in [0.05, 0.1) is 0 Å². The van der Waals surface area contributed by atoms with Crippen LogP contribution in [0.15, 0.2) is 0 Å². The lowest BCUT2D eigenvalue weighted by Gasteiger charge is -2.31. The molecule has 0 heterocycles. The summed E-state index contributed by atoms with van der Waals surface area (Å²) in [6.45, 7) is 6.83. The van der Waals surface area contributed by atoms with Crippen LogP contribution in [-0.2, 0) is 9.59 Å². The number of hydrogen-bond acceptors (Lipinski definition) is 3. The zero-order valence-corrected chi connectivity index (χ0v) is 40.0. The molecule has 0 aliphatic carbocycles. The Morgan fingerprint density at radius 1 is 0.328 bits per heavy atom. The van der Waals surface area contributed by atoms with Gasteiger partial charge in [0.25, 0.3) is 0 Å². The van der Waals surface area contributed by atoms with Crippen LogP contribution in [0.2, 0.25) is 0 Å². The first-order valence-corrected chi connectivity index (χ1v) is 26.9. The Kier molecular flexibility index (Phi) is 44.9. The molecule has 0 fully saturated rings. The third-order valence-electron chi connectivity index (χ3n) is 13.4. The summed E-state index contributed by atoms with van der Waals surface area (Å²) in [5.74, 6) is -2.23. The summed E-state index contributed by atoms with van der Waals surface area (Å²) >= 11 is 0. The first-order valence-electron chi connectivity index (χ1n) is 26.9. The Labute approximate surface area is 364 Å². The van der Waals surface area contributed by atoms with E-state index in [0.717, 1.165) is 38.5 Å². The molecule has 2 unspecified atom stereocenters. The summed E-state index contributed by atoms with van der Waals surface area (Å²) < 4.78 is 0. The van der Waals surface area contributed by atoms with Gasteiger partial charge >= 0.3 is 5.97 Å². The van der Waals surface area contributed by atoms with Gasteiger partial charge in [-0.25, -0.2) is 4.79 Å². The van der Waals surface area contributed by atoms with E-state index in [0.29, 0.717) is 19.3 Å². The number of carbonyl (C=O) groups excluding carboxylic acids is 1. The van der Waals surface area contributed by atoms with Gasteiger partial charge in [0.2, 0.25) is 5.60 Å². The molecule has 2 atom stereocenters. The summed E-state index contributed by atoms with van der Waals surface area (Å²) in [5, 5.41) is 22.1. The molecular weight excluding hydrogens is 713 g/mol. The average molecular weight is 819 g/mol. The summed E-state index contributed by atoms with van der Waals surface area (Å²) in [5.41, 5.74) is -2.23. The molecular formula is C54H106O4. The number of carboxylic acids is 1. The van der Waals surface area contributed by atoms with Gasteiger partial charge in [0, 0.05) is 12.3 Å². The molecule has 2 N–H and O–H groups in total. The van der Waals surface area contributed by atoms with Crippen LogP contribution in [0.5, 0.6) is 0 Å². The topological polar surface area (TPSA) is 74.6 Å². The van der Waals surface area contributed by atoms with Gasteiger partial charge in [-0.2, -0.15) is 0 Å². The number of Topliss-reactive ketones (excluding diaryl/α,β-unsaturated/α-hetero) is 1. The predicted octanol–water partition coefficient (Wildman–Crippen LogP) is 18.4. The van der Waals surface area contributed by atoms with E-state index in [2.05, 4.69) is 20.8 Å². The van der Waals surface area contributed by atoms with Crippen molar-refractivity contribution >= 4 is 11.8 Å². The lowest BCUT2D eigenvalue weighted by Crippen LogP contribution is -2.52. The molecule has 0 rings (SSSR count). The predicted molar refractivity (Wildman–Crippen MR) is 255 cm³/mol. The molecule has 0 aliphatic heterocycles. The molecule has 4 heteroatoms. The third kappa shape index (κ3) is 35.8. The van der Waals surface area contributed by atoms with Crippen molar-refractivity contribution in [2.75, 3.05) is 0 Å². The molecule has 0 aromatic heterocycles. The molecule has 0 saturated carbocycles. The smallest absolute Gasteiger partial charge is 0.343 e. The van der Waals surface area contributed by atoms with Crippen molar-refractivity contribution in [3.8, 4) is 0 Å². The summed E-state index contributed by atoms with van der Waals surface area (Å²) in [6.07, 6.45) is 57.7. The van der Waals surface area contributed by atoms with Crippen molar-refractivity contribution in [1.29, 1.82) is 0 Å². The Balaban J connectivity index is 4.57. The molecule has 346 valence electrons. The highest BCUT2D eigenvalue weighted by Gasteiger charge is 2.49. The number of carboxylic acid groups (broad SMARTS) is 1. The summed E-state index contributed by atoms with van der Waals surface area (Å²) in [7, 11) is 0.